The maximum atomic E-state index is 6.28. The summed E-state index contributed by atoms with van der Waals surface area (Å²) < 4.78 is 12.6. The van der Waals surface area contributed by atoms with E-state index in [2.05, 4.69) is 91.0 Å². The van der Waals surface area contributed by atoms with Crippen LogP contribution >= 0.6 is 0 Å². The molecule has 232 valence electrons. The summed E-state index contributed by atoms with van der Waals surface area (Å²) in [5, 5.41) is 11.2. The highest BCUT2D eigenvalue weighted by atomic mass is 16.3. The molecule has 0 bridgehead atoms. The molecule has 0 aliphatic heterocycles. The fourth-order valence-electron chi connectivity index (χ4n) is 7.71. The number of fused-ring (bicyclic) bond motifs is 12. The molecule has 3 aromatic heterocycles. The minimum absolute atomic E-state index is 0.579. The van der Waals surface area contributed by atoms with Gasteiger partial charge in [-0.2, -0.15) is 0 Å². The highest BCUT2D eigenvalue weighted by molar-refractivity contribution is 6.25. The van der Waals surface area contributed by atoms with Gasteiger partial charge in [0.05, 0.1) is 0 Å². The van der Waals surface area contributed by atoms with Crippen molar-refractivity contribution in [2.45, 2.75) is 0 Å². The second-order valence-electron chi connectivity index (χ2n) is 12.7. The van der Waals surface area contributed by atoms with E-state index in [9.17, 15) is 0 Å². The van der Waals surface area contributed by atoms with Crippen LogP contribution in [0, 0.1) is 0 Å². The number of hydrogen-bond acceptors (Lipinski definition) is 5. The van der Waals surface area contributed by atoms with Gasteiger partial charge in [-0.05, 0) is 62.6 Å². The molecule has 3 heterocycles. The lowest BCUT2D eigenvalue weighted by Crippen LogP contribution is -2.01. The quantitative estimate of drug-likeness (QED) is 0.180. The van der Waals surface area contributed by atoms with Crippen LogP contribution < -0.4 is 0 Å². The van der Waals surface area contributed by atoms with E-state index in [1.807, 2.05) is 60.7 Å². The summed E-state index contributed by atoms with van der Waals surface area (Å²) in [7, 11) is 0. The molecule has 5 heteroatoms. The maximum Gasteiger partial charge on any atom is 0.164 e. The molecular weight excluding hydrogens is 615 g/mol. The summed E-state index contributed by atoms with van der Waals surface area (Å²) in [6.45, 7) is 0. The third-order valence-electron chi connectivity index (χ3n) is 9.92. The number of hydrogen-bond donors (Lipinski definition) is 0. The van der Waals surface area contributed by atoms with Gasteiger partial charge in [-0.15, -0.1) is 0 Å². The Morgan fingerprint density at radius 1 is 0.300 bits per heavy atom. The molecule has 0 radical (unpaired) electrons. The van der Waals surface area contributed by atoms with Crippen molar-refractivity contribution in [2.75, 3.05) is 0 Å². The van der Waals surface area contributed by atoms with Gasteiger partial charge in [-0.3, -0.25) is 0 Å². The van der Waals surface area contributed by atoms with E-state index in [4.69, 9.17) is 23.8 Å². The second-order valence-corrected chi connectivity index (χ2v) is 12.7. The van der Waals surface area contributed by atoms with Crippen molar-refractivity contribution < 1.29 is 8.83 Å². The van der Waals surface area contributed by atoms with Gasteiger partial charge >= 0.3 is 0 Å². The molecule has 11 rings (SSSR count). The molecule has 0 saturated heterocycles. The summed E-state index contributed by atoms with van der Waals surface area (Å²) in [6.07, 6.45) is 0. The van der Waals surface area contributed by atoms with Gasteiger partial charge in [-0.1, -0.05) is 121 Å². The van der Waals surface area contributed by atoms with Gasteiger partial charge in [0.2, 0.25) is 0 Å². The first-order valence-corrected chi connectivity index (χ1v) is 16.7. The van der Waals surface area contributed by atoms with Gasteiger partial charge in [0.15, 0.2) is 17.5 Å². The Kier molecular flexibility index (Phi) is 5.60. The Balaban J connectivity index is 1.23. The molecule has 0 amide bonds. The first-order valence-electron chi connectivity index (χ1n) is 16.7. The molecule has 0 spiro atoms. The summed E-state index contributed by atoms with van der Waals surface area (Å²) >= 11 is 0. The predicted molar refractivity (Wildman–Crippen MR) is 203 cm³/mol. The Labute approximate surface area is 285 Å². The number of benzene rings is 8. The fourth-order valence-corrected chi connectivity index (χ4v) is 7.71. The molecule has 8 aromatic carbocycles. The van der Waals surface area contributed by atoms with Crippen LogP contribution in [-0.2, 0) is 0 Å². The zero-order chi connectivity index (χ0) is 32.8. The zero-order valence-corrected chi connectivity index (χ0v) is 26.6. The molecule has 0 unspecified atom stereocenters. The summed E-state index contributed by atoms with van der Waals surface area (Å²) in [5.41, 5.74) is 5.92. The summed E-state index contributed by atoms with van der Waals surface area (Å²) in [6, 6.07) is 52.2. The Hall–Kier alpha value is -6.85. The van der Waals surface area contributed by atoms with E-state index in [0.29, 0.717) is 17.5 Å². The molecule has 0 saturated carbocycles. The fraction of sp³-hybridized carbons (Fsp3) is 0. The average molecular weight is 640 g/mol. The highest BCUT2D eigenvalue weighted by Crippen LogP contribution is 2.40. The van der Waals surface area contributed by atoms with Gasteiger partial charge in [0, 0.05) is 38.2 Å². The van der Waals surface area contributed by atoms with E-state index in [-0.39, 0.29) is 0 Å². The molecule has 0 fully saturated rings. The lowest BCUT2D eigenvalue weighted by molar-refractivity contribution is 0.668. The summed E-state index contributed by atoms with van der Waals surface area (Å²) in [4.78, 5) is 15.7. The number of furan rings is 2. The standard InChI is InChI=1S/C45H25N3O2/c1-2-13-29-27(11-1)28-12-3-4-14-30(28)36-25-26(23-24-31(29)36)43-46-44(34-17-9-21-39-41(34)32-15-5-7-19-37(32)49-39)48-45(47-43)35-18-10-22-40-42(35)33-16-6-8-20-38(33)50-40/h1-25H. The molecule has 5 nitrogen and oxygen atoms in total. The first kappa shape index (κ1) is 27.1. The van der Waals surface area contributed by atoms with Crippen molar-refractivity contribution in [3.63, 3.8) is 0 Å². The van der Waals surface area contributed by atoms with Crippen LogP contribution in [0.25, 0.3) is 110 Å². The Morgan fingerprint density at radius 3 is 1.22 bits per heavy atom. The van der Waals surface area contributed by atoms with Crippen molar-refractivity contribution >= 4 is 76.2 Å². The molecule has 0 N–H and O–H groups in total. The van der Waals surface area contributed by atoms with Crippen molar-refractivity contribution in [3.05, 3.63) is 152 Å². The third-order valence-corrected chi connectivity index (χ3v) is 9.92. The van der Waals surface area contributed by atoms with Crippen LogP contribution in [-0.4, -0.2) is 15.0 Å². The molecule has 50 heavy (non-hydrogen) atoms. The normalized spacial score (nSPS) is 12.0. The molecule has 0 aliphatic rings. The van der Waals surface area contributed by atoms with Gasteiger partial charge in [-0.25, -0.2) is 15.0 Å². The van der Waals surface area contributed by atoms with Gasteiger partial charge in [0.1, 0.15) is 22.3 Å². The lowest BCUT2D eigenvalue weighted by Gasteiger charge is -2.13. The Bertz CT molecular complexity index is 3000. The third kappa shape index (κ3) is 3.92. The average Bonchev–Trinajstić information content (AvgIpc) is 3.76. The van der Waals surface area contributed by atoms with Crippen LogP contribution in [0.1, 0.15) is 0 Å². The Morgan fingerprint density at radius 2 is 0.700 bits per heavy atom. The van der Waals surface area contributed by atoms with Crippen LogP contribution in [0.5, 0.6) is 0 Å². The van der Waals surface area contributed by atoms with Crippen LogP contribution in [0.3, 0.4) is 0 Å². The lowest BCUT2D eigenvalue weighted by atomic mass is 9.93. The van der Waals surface area contributed by atoms with Gasteiger partial charge in [0.25, 0.3) is 0 Å². The van der Waals surface area contributed by atoms with Crippen molar-refractivity contribution in [1.29, 1.82) is 0 Å². The van der Waals surface area contributed by atoms with Crippen LogP contribution in [0.4, 0.5) is 0 Å². The number of aromatic nitrogens is 3. The molecule has 11 aromatic rings. The second kappa shape index (κ2) is 10.3. The monoisotopic (exact) mass is 639 g/mol. The van der Waals surface area contributed by atoms with E-state index < -0.39 is 0 Å². The highest BCUT2D eigenvalue weighted by Gasteiger charge is 2.21. The first-order chi connectivity index (χ1) is 24.8. The SMILES string of the molecule is c1ccc2c(c1)oc1cccc(-c3nc(-c4ccc5c6ccccc6c6ccccc6c5c4)nc(-c4cccc5oc6ccccc6c45)n3)c12. The zero-order valence-electron chi connectivity index (χ0n) is 26.6. The number of para-hydroxylation sites is 2. The van der Waals surface area contributed by atoms with E-state index in [1.54, 1.807) is 0 Å². The topological polar surface area (TPSA) is 65.0 Å². The van der Waals surface area contributed by atoms with Crippen LogP contribution in [0.15, 0.2) is 160 Å². The summed E-state index contributed by atoms with van der Waals surface area (Å²) in [5.74, 6) is 1.75. The predicted octanol–water partition coefficient (Wildman–Crippen LogP) is 12.1. The minimum atomic E-state index is 0.579. The molecule has 0 aliphatic carbocycles. The van der Waals surface area contributed by atoms with Crippen LogP contribution in [0.2, 0.25) is 0 Å². The molecule has 0 atom stereocenters. The van der Waals surface area contributed by atoms with Crippen molar-refractivity contribution in [3.8, 4) is 34.2 Å². The van der Waals surface area contributed by atoms with Gasteiger partial charge < -0.3 is 8.83 Å². The van der Waals surface area contributed by atoms with Crippen molar-refractivity contribution in [2.24, 2.45) is 0 Å². The smallest absolute Gasteiger partial charge is 0.164 e. The van der Waals surface area contributed by atoms with E-state index in [1.165, 1.54) is 26.9 Å². The molecular formula is C45H25N3O2. The maximum absolute atomic E-state index is 6.28. The number of rotatable bonds is 3. The van der Waals surface area contributed by atoms with E-state index in [0.717, 1.165) is 66.0 Å². The van der Waals surface area contributed by atoms with Crippen molar-refractivity contribution in [1.82, 2.24) is 15.0 Å². The number of nitrogens with zero attached hydrogens (tertiary/aromatic N) is 3. The van der Waals surface area contributed by atoms with E-state index >= 15 is 0 Å². The minimum Gasteiger partial charge on any atom is -0.456 e. The largest absolute Gasteiger partial charge is 0.456 e.